The Morgan fingerprint density at radius 3 is 2.11 bits per heavy atom. The molecule has 0 aromatic rings. The Morgan fingerprint density at radius 2 is 1.79 bits per heavy atom. The zero-order valence-corrected chi connectivity index (χ0v) is 10.9. The SMILES string of the molecule is C[C@](N)(CCC(N)=O)C(=O)O.NCCNCC(=O)O. The molecule has 0 fully saturated rings. The van der Waals surface area contributed by atoms with Crippen molar-refractivity contribution in [2.24, 2.45) is 17.2 Å². The van der Waals surface area contributed by atoms with Gasteiger partial charge < -0.3 is 32.7 Å². The molecule has 0 saturated carbocycles. The van der Waals surface area contributed by atoms with Crippen molar-refractivity contribution in [3.8, 4) is 0 Å². The Bertz CT molecular complexity index is 306. The van der Waals surface area contributed by atoms with Gasteiger partial charge in [-0.05, 0) is 13.3 Å². The third-order valence-corrected chi connectivity index (χ3v) is 1.98. The third kappa shape index (κ3) is 14.2. The van der Waals surface area contributed by atoms with Crippen molar-refractivity contribution < 1.29 is 24.6 Å². The lowest BCUT2D eigenvalue weighted by Crippen LogP contribution is -2.45. The van der Waals surface area contributed by atoms with Gasteiger partial charge in [-0.3, -0.25) is 14.4 Å². The van der Waals surface area contributed by atoms with Crippen LogP contribution >= 0.6 is 0 Å². The molecule has 0 aliphatic carbocycles. The average molecular weight is 278 g/mol. The van der Waals surface area contributed by atoms with Gasteiger partial charge in [0.15, 0.2) is 0 Å². The van der Waals surface area contributed by atoms with Crippen LogP contribution in [0.3, 0.4) is 0 Å². The molecule has 0 aromatic carbocycles. The van der Waals surface area contributed by atoms with Gasteiger partial charge in [-0.25, -0.2) is 0 Å². The largest absolute Gasteiger partial charge is 0.480 e. The summed E-state index contributed by atoms with van der Waals surface area (Å²) < 4.78 is 0. The van der Waals surface area contributed by atoms with E-state index in [-0.39, 0.29) is 19.4 Å². The van der Waals surface area contributed by atoms with E-state index in [0.29, 0.717) is 13.1 Å². The Kier molecular flexibility index (Phi) is 10.6. The molecule has 112 valence electrons. The number of aliphatic carboxylic acids is 2. The Hall–Kier alpha value is -1.71. The van der Waals surface area contributed by atoms with E-state index in [1.165, 1.54) is 6.92 Å². The second kappa shape index (κ2) is 10.2. The zero-order chi connectivity index (χ0) is 15.5. The first-order chi connectivity index (χ1) is 8.63. The molecule has 0 spiro atoms. The number of carbonyl (C=O) groups excluding carboxylic acids is 1. The summed E-state index contributed by atoms with van der Waals surface area (Å²) in [5.41, 5.74) is 13.8. The summed E-state index contributed by atoms with van der Waals surface area (Å²) in [6.45, 7) is 2.38. The van der Waals surface area contributed by atoms with E-state index in [1.807, 2.05) is 0 Å². The lowest BCUT2D eigenvalue weighted by atomic mass is 9.97. The van der Waals surface area contributed by atoms with Crippen LogP contribution < -0.4 is 22.5 Å². The first-order valence-corrected chi connectivity index (χ1v) is 5.56. The average Bonchev–Trinajstić information content (AvgIpc) is 2.27. The van der Waals surface area contributed by atoms with E-state index in [4.69, 9.17) is 27.4 Å². The van der Waals surface area contributed by atoms with Crippen molar-refractivity contribution in [1.29, 1.82) is 0 Å². The maximum absolute atomic E-state index is 10.4. The molecule has 1 amide bonds. The molecule has 0 rings (SSSR count). The lowest BCUT2D eigenvalue weighted by Gasteiger charge is -2.17. The van der Waals surface area contributed by atoms with Crippen LogP contribution in [0.15, 0.2) is 0 Å². The predicted octanol–water partition coefficient (Wildman–Crippen LogP) is -2.33. The molecule has 9 N–H and O–H groups in total. The number of hydrogen-bond donors (Lipinski definition) is 6. The summed E-state index contributed by atoms with van der Waals surface area (Å²) in [5, 5.41) is 19.1. The maximum Gasteiger partial charge on any atom is 0.323 e. The standard InChI is InChI=1S/C6H12N2O3.C4H10N2O2/c1-6(8,5(10)11)3-2-4(7)9;5-1-2-6-3-4(7)8/h2-3,8H2,1H3,(H2,7,9)(H,10,11);6H,1-3,5H2,(H,7,8)/t6-;/m0./s1. The van der Waals surface area contributed by atoms with E-state index in [0.717, 1.165) is 0 Å². The summed E-state index contributed by atoms with van der Waals surface area (Å²) in [6.07, 6.45) is 0.0664. The smallest absolute Gasteiger partial charge is 0.323 e. The van der Waals surface area contributed by atoms with Gasteiger partial charge in [-0.2, -0.15) is 0 Å². The second-order valence-electron chi connectivity index (χ2n) is 4.05. The van der Waals surface area contributed by atoms with Gasteiger partial charge in [0.05, 0.1) is 6.54 Å². The van der Waals surface area contributed by atoms with Crippen LogP contribution in [0.5, 0.6) is 0 Å². The Morgan fingerprint density at radius 1 is 1.26 bits per heavy atom. The van der Waals surface area contributed by atoms with Crippen molar-refractivity contribution in [3.05, 3.63) is 0 Å². The molecule has 0 aliphatic heterocycles. The molecular formula is C10H22N4O5. The fourth-order valence-corrected chi connectivity index (χ4v) is 0.787. The van der Waals surface area contributed by atoms with Gasteiger partial charge in [-0.1, -0.05) is 0 Å². The summed E-state index contributed by atoms with van der Waals surface area (Å²) in [7, 11) is 0. The van der Waals surface area contributed by atoms with E-state index in [9.17, 15) is 14.4 Å². The minimum atomic E-state index is -1.35. The number of primary amides is 1. The van der Waals surface area contributed by atoms with Crippen LogP contribution in [0.2, 0.25) is 0 Å². The maximum atomic E-state index is 10.4. The van der Waals surface area contributed by atoms with Crippen molar-refractivity contribution in [2.45, 2.75) is 25.3 Å². The molecule has 19 heavy (non-hydrogen) atoms. The topological polar surface area (TPSA) is 182 Å². The number of hydrogen-bond acceptors (Lipinski definition) is 6. The van der Waals surface area contributed by atoms with Gasteiger partial charge in [-0.15, -0.1) is 0 Å². The van der Waals surface area contributed by atoms with Crippen LogP contribution in [0.25, 0.3) is 0 Å². The molecule has 0 unspecified atom stereocenters. The summed E-state index contributed by atoms with van der Waals surface area (Å²) in [5.74, 6) is -2.51. The molecule has 1 atom stereocenters. The van der Waals surface area contributed by atoms with Crippen LogP contribution in [0.1, 0.15) is 19.8 Å². The molecule has 0 radical (unpaired) electrons. The van der Waals surface area contributed by atoms with Gasteiger partial charge in [0.2, 0.25) is 5.91 Å². The van der Waals surface area contributed by atoms with Crippen LogP contribution in [0.4, 0.5) is 0 Å². The first kappa shape index (κ1) is 19.6. The highest BCUT2D eigenvalue weighted by Gasteiger charge is 2.27. The second-order valence-corrected chi connectivity index (χ2v) is 4.05. The third-order valence-electron chi connectivity index (χ3n) is 1.98. The summed E-state index contributed by atoms with van der Waals surface area (Å²) in [6, 6.07) is 0. The minimum absolute atomic E-state index is 0.000694. The Balaban J connectivity index is 0. The monoisotopic (exact) mass is 278 g/mol. The highest BCUT2D eigenvalue weighted by Crippen LogP contribution is 2.07. The summed E-state index contributed by atoms with van der Waals surface area (Å²) >= 11 is 0. The van der Waals surface area contributed by atoms with Gasteiger partial charge in [0.25, 0.3) is 0 Å². The number of nitrogens with two attached hydrogens (primary N) is 3. The molecule has 0 aromatic heterocycles. The predicted molar refractivity (Wildman–Crippen MR) is 68.2 cm³/mol. The van der Waals surface area contributed by atoms with Crippen molar-refractivity contribution in [1.82, 2.24) is 5.32 Å². The van der Waals surface area contributed by atoms with E-state index in [2.05, 4.69) is 5.32 Å². The van der Waals surface area contributed by atoms with E-state index in [1.54, 1.807) is 0 Å². The number of amides is 1. The molecule has 0 aliphatic rings. The van der Waals surface area contributed by atoms with Crippen molar-refractivity contribution >= 4 is 17.8 Å². The molecule has 0 saturated heterocycles. The number of carbonyl (C=O) groups is 3. The zero-order valence-electron chi connectivity index (χ0n) is 10.9. The number of nitrogens with one attached hydrogen (secondary N) is 1. The highest BCUT2D eigenvalue weighted by atomic mass is 16.4. The number of rotatable bonds is 8. The highest BCUT2D eigenvalue weighted by molar-refractivity contribution is 5.80. The minimum Gasteiger partial charge on any atom is -0.480 e. The van der Waals surface area contributed by atoms with Crippen molar-refractivity contribution in [3.63, 3.8) is 0 Å². The van der Waals surface area contributed by atoms with Crippen LogP contribution in [-0.2, 0) is 14.4 Å². The Labute approximate surface area is 111 Å². The lowest BCUT2D eigenvalue weighted by molar-refractivity contribution is -0.143. The van der Waals surface area contributed by atoms with Gasteiger partial charge >= 0.3 is 11.9 Å². The van der Waals surface area contributed by atoms with E-state index < -0.39 is 23.4 Å². The van der Waals surface area contributed by atoms with Crippen LogP contribution in [0, 0.1) is 0 Å². The van der Waals surface area contributed by atoms with Crippen molar-refractivity contribution in [2.75, 3.05) is 19.6 Å². The fourth-order valence-electron chi connectivity index (χ4n) is 0.787. The van der Waals surface area contributed by atoms with Gasteiger partial charge in [0, 0.05) is 19.5 Å². The van der Waals surface area contributed by atoms with E-state index >= 15 is 0 Å². The summed E-state index contributed by atoms with van der Waals surface area (Å²) in [4.78, 5) is 30.4. The quantitative estimate of drug-likeness (QED) is 0.267. The number of carboxylic acids is 2. The number of carboxylic acid groups (broad SMARTS) is 2. The molecule has 0 heterocycles. The molecule has 9 nitrogen and oxygen atoms in total. The molecular weight excluding hydrogens is 256 g/mol. The van der Waals surface area contributed by atoms with Crippen LogP contribution in [-0.4, -0.2) is 53.2 Å². The molecule has 9 heteroatoms. The fraction of sp³-hybridized carbons (Fsp3) is 0.700. The first-order valence-electron chi connectivity index (χ1n) is 5.56. The van der Waals surface area contributed by atoms with Gasteiger partial charge in [0.1, 0.15) is 5.54 Å². The normalized spacial score (nSPS) is 12.8. The molecule has 0 bridgehead atoms.